The number of ether oxygens (including phenoxy) is 1. The topological polar surface area (TPSA) is 64.3 Å². The maximum absolute atomic E-state index is 10.7. The summed E-state index contributed by atoms with van der Waals surface area (Å²) < 4.78 is 6.31. The SMILES string of the molecule is CNC(C)c1cc(Br)ccc1OCC(N)=O. The van der Waals surface area contributed by atoms with Gasteiger partial charge in [-0.05, 0) is 32.2 Å². The first-order valence-electron chi connectivity index (χ1n) is 4.92. The molecule has 0 spiro atoms. The highest BCUT2D eigenvalue weighted by Crippen LogP contribution is 2.28. The lowest BCUT2D eigenvalue weighted by atomic mass is 10.1. The lowest BCUT2D eigenvalue weighted by Gasteiger charge is -2.16. The van der Waals surface area contributed by atoms with Crippen LogP contribution in [-0.4, -0.2) is 19.6 Å². The molecule has 0 saturated heterocycles. The van der Waals surface area contributed by atoms with Crippen molar-refractivity contribution in [2.75, 3.05) is 13.7 Å². The summed E-state index contributed by atoms with van der Waals surface area (Å²) in [5, 5.41) is 3.12. The van der Waals surface area contributed by atoms with Crippen molar-refractivity contribution < 1.29 is 9.53 Å². The Kier molecular flexibility index (Phi) is 4.76. The zero-order chi connectivity index (χ0) is 12.1. The summed E-state index contributed by atoms with van der Waals surface area (Å²) in [5.74, 6) is 0.190. The molecule has 3 N–H and O–H groups in total. The maximum Gasteiger partial charge on any atom is 0.255 e. The van der Waals surface area contributed by atoms with Crippen LogP contribution in [0.5, 0.6) is 5.75 Å². The Morgan fingerprint density at radius 2 is 2.31 bits per heavy atom. The van der Waals surface area contributed by atoms with Crippen LogP contribution in [0.4, 0.5) is 0 Å². The highest BCUT2D eigenvalue weighted by atomic mass is 79.9. The minimum atomic E-state index is -0.481. The number of amides is 1. The first-order valence-corrected chi connectivity index (χ1v) is 5.71. The van der Waals surface area contributed by atoms with E-state index < -0.39 is 5.91 Å². The highest BCUT2D eigenvalue weighted by molar-refractivity contribution is 9.10. The summed E-state index contributed by atoms with van der Waals surface area (Å²) in [6.07, 6.45) is 0. The Morgan fingerprint density at radius 1 is 1.62 bits per heavy atom. The van der Waals surface area contributed by atoms with Crippen molar-refractivity contribution in [1.82, 2.24) is 5.32 Å². The number of hydrogen-bond acceptors (Lipinski definition) is 3. The lowest BCUT2D eigenvalue weighted by molar-refractivity contribution is -0.119. The summed E-state index contributed by atoms with van der Waals surface area (Å²) in [7, 11) is 1.86. The van der Waals surface area contributed by atoms with E-state index in [1.807, 2.05) is 32.2 Å². The molecule has 0 aromatic heterocycles. The Bertz CT molecular complexity index is 382. The summed E-state index contributed by atoms with van der Waals surface area (Å²) in [4.78, 5) is 10.7. The molecule has 1 atom stereocenters. The van der Waals surface area contributed by atoms with Gasteiger partial charge in [0.2, 0.25) is 0 Å². The number of carbonyl (C=O) groups is 1. The predicted molar refractivity (Wildman–Crippen MR) is 66.3 cm³/mol. The van der Waals surface area contributed by atoms with Gasteiger partial charge in [0.15, 0.2) is 6.61 Å². The average molecular weight is 287 g/mol. The van der Waals surface area contributed by atoms with Crippen LogP contribution in [-0.2, 0) is 4.79 Å². The third kappa shape index (κ3) is 3.50. The summed E-state index contributed by atoms with van der Waals surface area (Å²) >= 11 is 3.40. The van der Waals surface area contributed by atoms with Crippen molar-refractivity contribution in [1.29, 1.82) is 0 Å². The van der Waals surface area contributed by atoms with Crippen molar-refractivity contribution in [2.45, 2.75) is 13.0 Å². The van der Waals surface area contributed by atoms with Crippen molar-refractivity contribution in [2.24, 2.45) is 5.73 Å². The van der Waals surface area contributed by atoms with E-state index in [2.05, 4.69) is 21.2 Å². The van der Waals surface area contributed by atoms with Gasteiger partial charge in [0.05, 0.1) is 0 Å². The minimum Gasteiger partial charge on any atom is -0.483 e. The fraction of sp³-hybridized carbons (Fsp3) is 0.364. The molecule has 0 aliphatic carbocycles. The van der Waals surface area contributed by atoms with E-state index in [1.54, 1.807) is 0 Å². The second kappa shape index (κ2) is 5.86. The van der Waals surface area contributed by atoms with Gasteiger partial charge in [0, 0.05) is 16.1 Å². The largest absolute Gasteiger partial charge is 0.483 e. The normalized spacial score (nSPS) is 12.2. The van der Waals surface area contributed by atoms with Gasteiger partial charge >= 0.3 is 0 Å². The molecule has 16 heavy (non-hydrogen) atoms. The smallest absolute Gasteiger partial charge is 0.255 e. The minimum absolute atomic E-state index is 0.106. The second-order valence-corrected chi connectivity index (χ2v) is 4.36. The molecule has 1 unspecified atom stereocenters. The van der Waals surface area contributed by atoms with Crippen LogP contribution in [0, 0.1) is 0 Å². The van der Waals surface area contributed by atoms with Crippen LogP contribution in [0.2, 0.25) is 0 Å². The molecule has 0 heterocycles. The van der Waals surface area contributed by atoms with E-state index in [4.69, 9.17) is 10.5 Å². The Labute approximate surface area is 103 Å². The molecule has 1 aromatic carbocycles. The van der Waals surface area contributed by atoms with Crippen molar-refractivity contribution in [3.05, 3.63) is 28.2 Å². The molecule has 0 radical (unpaired) electrons. The number of nitrogens with two attached hydrogens (primary N) is 1. The Balaban J connectivity index is 2.93. The molecule has 1 amide bonds. The second-order valence-electron chi connectivity index (χ2n) is 3.45. The summed E-state index contributed by atoms with van der Waals surface area (Å²) in [6.45, 7) is 1.91. The monoisotopic (exact) mass is 286 g/mol. The van der Waals surface area contributed by atoms with Gasteiger partial charge in [-0.25, -0.2) is 0 Å². The van der Waals surface area contributed by atoms with Gasteiger partial charge in [-0.3, -0.25) is 4.79 Å². The standard InChI is InChI=1S/C11H15BrN2O2/c1-7(14-2)9-5-8(12)3-4-10(9)16-6-11(13)15/h3-5,7,14H,6H2,1-2H3,(H2,13,15). The molecule has 0 aliphatic rings. The third-order valence-electron chi connectivity index (χ3n) is 2.24. The third-order valence-corrected chi connectivity index (χ3v) is 2.73. The van der Waals surface area contributed by atoms with Crippen LogP contribution >= 0.6 is 15.9 Å². The first kappa shape index (κ1) is 13.0. The Morgan fingerprint density at radius 3 is 2.88 bits per heavy atom. The zero-order valence-corrected chi connectivity index (χ0v) is 10.9. The maximum atomic E-state index is 10.7. The van der Waals surface area contributed by atoms with E-state index in [-0.39, 0.29) is 12.6 Å². The predicted octanol–water partition coefficient (Wildman–Crippen LogP) is 1.59. The number of hydrogen-bond donors (Lipinski definition) is 2. The molecule has 0 saturated carbocycles. The average Bonchev–Trinajstić information content (AvgIpc) is 2.26. The number of nitrogens with one attached hydrogen (secondary N) is 1. The van der Waals surface area contributed by atoms with Crippen molar-refractivity contribution in [3.63, 3.8) is 0 Å². The van der Waals surface area contributed by atoms with Crippen LogP contribution in [0.25, 0.3) is 0 Å². The summed E-state index contributed by atoms with van der Waals surface area (Å²) in [6, 6.07) is 5.77. The first-order chi connectivity index (χ1) is 7.54. The molecule has 88 valence electrons. The van der Waals surface area contributed by atoms with Crippen LogP contribution in [0.3, 0.4) is 0 Å². The molecule has 5 heteroatoms. The fourth-order valence-corrected chi connectivity index (χ4v) is 1.67. The van der Waals surface area contributed by atoms with E-state index in [0.717, 1.165) is 10.0 Å². The Hall–Kier alpha value is -1.07. The highest BCUT2D eigenvalue weighted by Gasteiger charge is 2.11. The molecular formula is C11H15BrN2O2. The molecule has 1 aromatic rings. The van der Waals surface area contributed by atoms with Gasteiger partial charge in [-0.2, -0.15) is 0 Å². The number of primary amides is 1. The van der Waals surface area contributed by atoms with E-state index >= 15 is 0 Å². The number of carbonyl (C=O) groups excluding carboxylic acids is 1. The summed E-state index contributed by atoms with van der Waals surface area (Å²) in [5.41, 5.74) is 6.02. The van der Waals surface area contributed by atoms with Gasteiger partial charge in [0.25, 0.3) is 5.91 Å². The van der Waals surface area contributed by atoms with Crippen LogP contribution in [0.1, 0.15) is 18.5 Å². The fourth-order valence-electron chi connectivity index (χ4n) is 1.29. The van der Waals surface area contributed by atoms with Gasteiger partial charge in [0.1, 0.15) is 5.75 Å². The van der Waals surface area contributed by atoms with Gasteiger partial charge in [-0.15, -0.1) is 0 Å². The van der Waals surface area contributed by atoms with Crippen molar-refractivity contribution >= 4 is 21.8 Å². The lowest BCUT2D eigenvalue weighted by Crippen LogP contribution is -2.21. The van der Waals surface area contributed by atoms with Crippen molar-refractivity contribution in [3.8, 4) is 5.75 Å². The molecule has 0 aliphatic heterocycles. The number of benzene rings is 1. The quantitative estimate of drug-likeness (QED) is 0.864. The zero-order valence-electron chi connectivity index (χ0n) is 9.29. The van der Waals surface area contributed by atoms with Crippen LogP contribution in [0.15, 0.2) is 22.7 Å². The van der Waals surface area contributed by atoms with E-state index in [1.165, 1.54) is 0 Å². The molecule has 0 bridgehead atoms. The van der Waals surface area contributed by atoms with Crippen LogP contribution < -0.4 is 15.8 Å². The van der Waals surface area contributed by atoms with E-state index in [9.17, 15) is 4.79 Å². The molecule has 0 fully saturated rings. The number of halogens is 1. The molecule has 1 rings (SSSR count). The number of rotatable bonds is 5. The van der Waals surface area contributed by atoms with Gasteiger partial charge in [-0.1, -0.05) is 15.9 Å². The van der Waals surface area contributed by atoms with E-state index in [0.29, 0.717) is 5.75 Å². The molecular weight excluding hydrogens is 272 g/mol. The molecule has 4 nitrogen and oxygen atoms in total. The van der Waals surface area contributed by atoms with Gasteiger partial charge < -0.3 is 15.8 Å².